The number of hydrogen-bond donors (Lipinski definition) is 2. The Bertz CT molecular complexity index is 427. The minimum atomic E-state index is -0.583. The number of nitrogens with one attached hydrogen (secondary N) is 1. The molecular formula is C12H21N3O. The number of aromatic nitrogens is 2. The molecule has 0 spiro atoms. The van der Waals surface area contributed by atoms with E-state index in [1.165, 1.54) is 6.07 Å². The molecule has 1 rings (SSSR count). The summed E-state index contributed by atoms with van der Waals surface area (Å²) in [4.78, 5) is 18.8. The van der Waals surface area contributed by atoms with Crippen LogP contribution in [-0.2, 0) is 11.0 Å². The van der Waals surface area contributed by atoms with Crippen LogP contribution in [-0.4, -0.2) is 9.97 Å². The number of aromatic amines is 1. The molecule has 0 radical (unpaired) electrons. The first-order valence-corrected chi connectivity index (χ1v) is 5.58. The molecule has 0 bridgehead atoms. The molecule has 3 N–H and O–H groups in total. The first kappa shape index (κ1) is 12.9. The molecule has 1 aromatic heterocycles. The number of nitrogens with zero attached hydrogens (tertiary/aromatic N) is 1. The van der Waals surface area contributed by atoms with Crippen LogP contribution in [0.1, 0.15) is 52.6 Å². The van der Waals surface area contributed by atoms with Gasteiger partial charge in [0, 0.05) is 11.5 Å². The van der Waals surface area contributed by atoms with Gasteiger partial charge in [-0.2, -0.15) is 0 Å². The molecular weight excluding hydrogens is 202 g/mol. The van der Waals surface area contributed by atoms with Gasteiger partial charge in [-0.3, -0.25) is 4.79 Å². The zero-order chi connectivity index (χ0) is 12.6. The second kappa shape index (κ2) is 4.01. The normalized spacial score (nSPS) is 15.9. The topological polar surface area (TPSA) is 71.8 Å². The highest BCUT2D eigenvalue weighted by molar-refractivity contribution is 5.15. The van der Waals surface area contributed by atoms with Gasteiger partial charge in [0.05, 0.1) is 11.2 Å². The maximum Gasteiger partial charge on any atom is 0.251 e. The molecule has 0 fully saturated rings. The Kier molecular flexibility index (Phi) is 3.24. The molecule has 4 nitrogen and oxygen atoms in total. The molecule has 0 aromatic carbocycles. The molecule has 0 aliphatic rings. The third-order valence-corrected chi connectivity index (χ3v) is 2.79. The molecule has 1 unspecified atom stereocenters. The molecule has 4 heteroatoms. The van der Waals surface area contributed by atoms with Crippen LogP contribution in [0.3, 0.4) is 0 Å². The van der Waals surface area contributed by atoms with E-state index in [0.717, 1.165) is 12.1 Å². The summed E-state index contributed by atoms with van der Waals surface area (Å²) in [5, 5.41) is 0. The summed E-state index contributed by atoms with van der Waals surface area (Å²) >= 11 is 0. The third-order valence-electron chi connectivity index (χ3n) is 2.79. The van der Waals surface area contributed by atoms with Crippen LogP contribution in [0, 0.1) is 0 Å². The van der Waals surface area contributed by atoms with Crippen LogP contribution < -0.4 is 11.3 Å². The van der Waals surface area contributed by atoms with Crippen LogP contribution in [0.25, 0.3) is 0 Å². The van der Waals surface area contributed by atoms with Crippen LogP contribution >= 0.6 is 0 Å². The fourth-order valence-electron chi connectivity index (χ4n) is 1.28. The fourth-order valence-corrected chi connectivity index (χ4v) is 1.28. The van der Waals surface area contributed by atoms with Gasteiger partial charge in [0.15, 0.2) is 0 Å². The van der Waals surface area contributed by atoms with Crippen LogP contribution in [0.2, 0.25) is 0 Å². The van der Waals surface area contributed by atoms with Crippen molar-refractivity contribution in [3.05, 3.63) is 27.9 Å². The average Bonchev–Trinajstić information content (AvgIpc) is 2.15. The van der Waals surface area contributed by atoms with Gasteiger partial charge in [-0.1, -0.05) is 27.7 Å². The molecule has 16 heavy (non-hydrogen) atoms. The van der Waals surface area contributed by atoms with E-state index >= 15 is 0 Å². The molecule has 1 atom stereocenters. The van der Waals surface area contributed by atoms with Gasteiger partial charge in [-0.25, -0.2) is 4.98 Å². The van der Waals surface area contributed by atoms with Gasteiger partial charge >= 0.3 is 0 Å². The first-order chi connectivity index (χ1) is 7.16. The van der Waals surface area contributed by atoms with Crippen LogP contribution in [0.15, 0.2) is 10.9 Å². The molecule has 0 aliphatic carbocycles. The van der Waals surface area contributed by atoms with E-state index in [0.29, 0.717) is 5.82 Å². The van der Waals surface area contributed by atoms with Gasteiger partial charge in [-0.05, 0) is 13.3 Å². The van der Waals surface area contributed by atoms with Crippen molar-refractivity contribution in [3.8, 4) is 0 Å². The van der Waals surface area contributed by atoms with Crippen LogP contribution in [0.4, 0.5) is 0 Å². The van der Waals surface area contributed by atoms with Crippen molar-refractivity contribution < 1.29 is 0 Å². The van der Waals surface area contributed by atoms with Gasteiger partial charge < -0.3 is 10.7 Å². The Morgan fingerprint density at radius 2 is 1.94 bits per heavy atom. The maximum absolute atomic E-state index is 11.6. The lowest BCUT2D eigenvalue weighted by Crippen LogP contribution is -2.37. The second-order valence-corrected chi connectivity index (χ2v) is 5.50. The molecule has 0 saturated heterocycles. The molecule has 90 valence electrons. The van der Waals surface area contributed by atoms with Crippen molar-refractivity contribution in [3.63, 3.8) is 0 Å². The zero-order valence-electron chi connectivity index (χ0n) is 10.7. The summed E-state index contributed by atoms with van der Waals surface area (Å²) < 4.78 is 0. The minimum Gasteiger partial charge on any atom is -0.319 e. The highest BCUT2D eigenvalue weighted by Crippen LogP contribution is 2.22. The van der Waals surface area contributed by atoms with Gasteiger partial charge in [-0.15, -0.1) is 0 Å². The smallest absolute Gasteiger partial charge is 0.251 e. The lowest BCUT2D eigenvalue weighted by Gasteiger charge is -2.24. The molecule has 1 heterocycles. The Morgan fingerprint density at radius 1 is 1.38 bits per heavy atom. The van der Waals surface area contributed by atoms with Crippen molar-refractivity contribution >= 4 is 0 Å². The molecule has 0 aliphatic heterocycles. The van der Waals surface area contributed by atoms with Gasteiger partial charge in [0.25, 0.3) is 5.56 Å². The van der Waals surface area contributed by atoms with E-state index in [9.17, 15) is 4.79 Å². The zero-order valence-corrected chi connectivity index (χ0v) is 10.7. The number of hydrogen-bond acceptors (Lipinski definition) is 3. The van der Waals surface area contributed by atoms with E-state index in [-0.39, 0.29) is 11.0 Å². The van der Waals surface area contributed by atoms with Crippen molar-refractivity contribution in [1.82, 2.24) is 9.97 Å². The lowest BCUT2D eigenvalue weighted by molar-refractivity contribution is 0.434. The van der Waals surface area contributed by atoms with E-state index in [1.807, 2.05) is 34.6 Å². The van der Waals surface area contributed by atoms with Crippen molar-refractivity contribution in [2.24, 2.45) is 5.73 Å². The third kappa shape index (κ3) is 2.70. The summed E-state index contributed by atoms with van der Waals surface area (Å²) in [7, 11) is 0. The molecule has 1 aromatic rings. The summed E-state index contributed by atoms with van der Waals surface area (Å²) in [6, 6.07) is 1.54. The largest absolute Gasteiger partial charge is 0.319 e. The second-order valence-electron chi connectivity index (χ2n) is 5.50. The fraction of sp³-hybridized carbons (Fsp3) is 0.667. The van der Waals surface area contributed by atoms with Crippen molar-refractivity contribution in [2.75, 3.05) is 0 Å². The summed E-state index contributed by atoms with van der Waals surface area (Å²) in [6.07, 6.45) is 0.726. The standard InChI is InChI=1S/C12H21N3O/c1-6-12(5,13)10-14-8(11(2,3)4)7-9(16)15-10/h7H,6,13H2,1-5H3,(H,14,15,16). The van der Waals surface area contributed by atoms with E-state index in [1.54, 1.807) is 0 Å². The van der Waals surface area contributed by atoms with Gasteiger partial charge in [0.2, 0.25) is 0 Å². The summed E-state index contributed by atoms with van der Waals surface area (Å²) in [6.45, 7) is 9.93. The number of H-pyrrole nitrogens is 1. The van der Waals surface area contributed by atoms with Crippen molar-refractivity contribution in [1.29, 1.82) is 0 Å². The predicted molar refractivity (Wildman–Crippen MR) is 65.4 cm³/mol. The Labute approximate surface area is 96.3 Å². The number of nitrogens with two attached hydrogens (primary N) is 1. The average molecular weight is 223 g/mol. The van der Waals surface area contributed by atoms with E-state index in [2.05, 4.69) is 9.97 Å². The quantitative estimate of drug-likeness (QED) is 0.800. The monoisotopic (exact) mass is 223 g/mol. The molecule has 0 amide bonds. The Hall–Kier alpha value is -1.16. The minimum absolute atomic E-state index is 0.139. The summed E-state index contributed by atoms with van der Waals surface area (Å²) in [5.74, 6) is 0.562. The first-order valence-electron chi connectivity index (χ1n) is 5.58. The Morgan fingerprint density at radius 3 is 2.38 bits per heavy atom. The number of rotatable bonds is 2. The van der Waals surface area contributed by atoms with E-state index < -0.39 is 5.54 Å². The SMILES string of the molecule is CCC(C)(N)c1nc(C(C)(C)C)cc(=O)[nH]1. The van der Waals surface area contributed by atoms with Crippen LogP contribution in [0.5, 0.6) is 0 Å². The van der Waals surface area contributed by atoms with E-state index in [4.69, 9.17) is 5.73 Å². The highest BCUT2D eigenvalue weighted by Gasteiger charge is 2.24. The van der Waals surface area contributed by atoms with Crippen molar-refractivity contribution in [2.45, 2.75) is 52.0 Å². The highest BCUT2D eigenvalue weighted by atomic mass is 16.1. The summed E-state index contributed by atoms with van der Waals surface area (Å²) in [5.41, 5.74) is 5.99. The lowest BCUT2D eigenvalue weighted by atomic mass is 9.91. The predicted octanol–water partition coefficient (Wildman–Crippen LogP) is 1.65. The van der Waals surface area contributed by atoms with Gasteiger partial charge in [0.1, 0.15) is 5.82 Å². The Balaban J connectivity index is 3.35. The molecule has 0 saturated carbocycles. The maximum atomic E-state index is 11.6.